The second-order valence-electron chi connectivity index (χ2n) is 3.36. The minimum atomic E-state index is 0.514. The van der Waals surface area contributed by atoms with E-state index in [2.05, 4.69) is 25.6 Å². The number of aldehydes is 1. The van der Waals surface area contributed by atoms with Crippen molar-refractivity contribution >= 4 is 17.2 Å². The first kappa shape index (κ1) is 8.78. The summed E-state index contributed by atoms with van der Waals surface area (Å²) < 4.78 is 0. The highest BCUT2D eigenvalue weighted by molar-refractivity contribution is 5.98. The molecule has 0 unspecified atom stereocenters. The molecule has 0 aliphatic rings. The molecule has 3 aromatic rings. The Kier molecular flexibility index (Phi) is 1.79. The van der Waals surface area contributed by atoms with Crippen LogP contribution in [0.5, 0.6) is 0 Å². The van der Waals surface area contributed by atoms with Crippen LogP contribution in [0.1, 0.15) is 10.4 Å². The fourth-order valence-corrected chi connectivity index (χ4v) is 1.66. The molecule has 0 aliphatic heterocycles. The highest BCUT2D eigenvalue weighted by Gasteiger charge is 2.07. The number of H-pyrrole nitrogens is 2. The Balaban J connectivity index is 2.25. The van der Waals surface area contributed by atoms with Crippen LogP contribution in [0.3, 0.4) is 0 Å². The van der Waals surface area contributed by atoms with Gasteiger partial charge in [-0.2, -0.15) is 5.21 Å². The van der Waals surface area contributed by atoms with Crippen LogP contribution in [0, 0.1) is 0 Å². The molecule has 0 atom stereocenters. The molecular formula is C10H7N5O. The van der Waals surface area contributed by atoms with Crippen molar-refractivity contribution in [2.45, 2.75) is 0 Å². The van der Waals surface area contributed by atoms with Crippen molar-refractivity contribution in [2.24, 2.45) is 0 Å². The number of hydrogen-bond donors (Lipinski definition) is 2. The van der Waals surface area contributed by atoms with Crippen molar-refractivity contribution in [3.8, 4) is 11.4 Å². The van der Waals surface area contributed by atoms with E-state index in [1.54, 1.807) is 6.20 Å². The molecule has 3 rings (SSSR count). The summed E-state index contributed by atoms with van der Waals surface area (Å²) in [5.74, 6) is 0.514. The minimum Gasteiger partial charge on any atom is -0.360 e. The highest BCUT2D eigenvalue weighted by Crippen LogP contribution is 2.22. The van der Waals surface area contributed by atoms with E-state index in [1.807, 2.05) is 18.2 Å². The van der Waals surface area contributed by atoms with Gasteiger partial charge in [0.05, 0.1) is 0 Å². The van der Waals surface area contributed by atoms with Gasteiger partial charge in [0.15, 0.2) is 6.29 Å². The number of nitrogens with zero attached hydrogens (tertiary/aromatic N) is 3. The summed E-state index contributed by atoms with van der Waals surface area (Å²) >= 11 is 0. The zero-order valence-electron chi connectivity index (χ0n) is 8.14. The lowest BCUT2D eigenvalue weighted by Gasteiger charge is -1.95. The predicted octanol–water partition coefficient (Wildman–Crippen LogP) is 1.16. The van der Waals surface area contributed by atoms with Crippen LogP contribution in [0.25, 0.3) is 22.3 Å². The molecule has 6 nitrogen and oxygen atoms in total. The molecule has 16 heavy (non-hydrogen) atoms. The lowest BCUT2D eigenvalue weighted by Crippen LogP contribution is -1.82. The zero-order chi connectivity index (χ0) is 11.0. The first-order valence-corrected chi connectivity index (χ1v) is 4.68. The van der Waals surface area contributed by atoms with E-state index in [9.17, 15) is 4.79 Å². The van der Waals surface area contributed by atoms with Crippen LogP contribution >= 0.6 is 0 Å². The van der Waals surface area contributed by atoms with E-state index in [0.29, 0.717) is 11.4 Å². The van der Waals surface area contributed by atoms with Crippen LogP contribution < -0.4 is 0 Å². The van der Waals surface area contributed by atoms with Crippen molar-refractivity contribution < 1.29 is 4.79 Å². The molecule has 0 fully saturated rings. The minimum absolute atomic E-state index is 0.514. The molecular weight excluding hydrogens is 206 g/mol. The first-order chi connectivity index (χ1) is 7.88. The van der Waals surface area contributed by atoms with E-state index in [-0.39, 0.29) is 0 Å². The standard InChI is InChI=1S/C10H7N5O/c16-5-7-4-11-9-2-1-6(3-8(7)9)10-12-14-15-13-10/h1-5,11H,(H,12,13,14,15). The molecule has 6 heteroatoms. The van der Waals surface area contributed by atoms with Crippen LogP contribution in [0.2, 0.25) is 0 Å². The fraction of sp³-hybridized carbons (Fsp3) is 0. The Bertz CT molecular complexity index is 640. The van der Waals surface area contributed by atoms with Gasteiger partial charge in [-0.3, -0.25) is 4.79 Å². The summed E-state index contributed by atoms with van der Waals surface area (Å²) in [5.41, 5.74) is 2.36. The molecule has 0 aliphatic carbocycles. The molecule has 0 radical (unpaired) electrons. The topological polar surface area (TPSA) is 87.3 Å². The van der Waals surface area contributed by atoms with Gasteiger partial charge < -0.3 is 4.98 Å². The monoisotopic (exact) mass is 213 g/mol. The fourth-order valence-electron chi connectivity index (χ4n) is 1.66. The summed E-state index contributed by atoms with van der Waals surface area (Å²) in [6.45, 7) is 0. The number of nitrogens with one attached hydrogen (secondary N) is 2. The maximum absolute atomic E-state index is 10.8. The normalized spacial score (nSPS) is 10.8. The number of rotatable bonds is 2. The van der Waals surface area contributed by atoms with Crippen molar-refractivity contribution in [3.05, 3.63) is 30.0 Å². The lowest BCUT2D eigenvalue weighted by atomic mass is 10.1. The predicted molar refractivity (Wildman–Crippen MR) is 56.9 cm³/mol. The van der Waals surface area contributed by atoms with Crippen LogP contribution in [0.15, 0.2) is 24.4 Å². The highest BCUT2D eigenvalue weighted by atomic mass is 16.1. The van der Waals surface area contributed by atoms with Crippen molar-refractivity contribution in [1.82, 2.24) is 25.6 Å². The average Bonchev–Trinajstić information content (AvgIpc) is 2.97. The van der Waals surface area contributed by atoms with E-state index in [1.165, 1.54) is 0 Å². The van der Waals surface area contributed by atoms with Gasteiger partial charge in [0.2, 0.25) is 5.82 Å². The molecule has 0 spiro atoms. The van der Waals surface area contributed by atoms with Gasteiger partial charge in [-0.1, -0.05) is 0 Å². The van der Waals surface area contributed by atoms with Crippen LogP contribution in [-0.2, 0) is 0 Å². The summed E-state index contributed by atoms with van der Waals surface area (Å²) in [5, 5.41) is 14.5. The summed E-state index contributed by atoms with van der Waals surface area (Å²) in [6, 6.07) is 5.62. The number of hydrogen-bond acceptors (Lipinski definition) is 4. The molecule has 2 heterocycles. The quantitative estimate of drug-likeness (QED) is 0.625. The largest absolute Gasteiger partial charge is 0.360 e. The average molecular weight is 213 g/mol. The van der Waals surface area contributed by atoms with Crippen molar-refractivity contribution in [3.63, 3.8) is 0 Å². The Labute approximate surface area is 89.7 Å². The zero-order valence-corrected chi connectivity index (χ0v) is 8.14. The smallest absolute Gasteiger partial charge is 0.204 e. The molecule has 1 aromatic carbocycles. The first-order valence-electron chi connectivity index (χ1n) is 4.68. The van der Waals surface area contributed by atoms with Gasteiger partial charge >= 0.3 is 0 Å². The number of benzene rings is 1. The maximum Gasteiger partial charge on any atom is 0.204 e. The van der Waals surface area contributed by atoms with Gasteiger partial charge in [-0.05, 0) is 23.4 Å². The number of aromatic nitrogens is 5. The summed E-state index contributed by atoms with van der Waals surface area (Å²) in [7, 11) is 0. The Morgan fingerprint density at radius 3 is 3.00 bits per heavy atom. The molecule has 2 aromatic heterocycles. The van der Waals surface area contributed by atoms with Crippen molar-refractivity contribution in [2.75, 3.05) is 0 Å². The third-order valence-corrected chi connectivity index (χ3v) is 2.44. The number of tetrazole rings is 1. The Morgan fingerprint density at radius 1 is 1.31 bits per heavy atom. The van der Waals surface area contributed by atoms with Gasteiger partial charge in [0.25, 0.3) is 0 Å². The number of carbonyl (C=O) groups is 1. The molecule has 78 valence electrons. The molecule has 0 saturated carbocycles. The SMILES string of the molecule is O=Cc1c[nH]c2ccc(-c3nn[nH]n3)cc12. The number of aromatic amines is 2. The third-order valence-electron chi connectivity index (χ3n) is 2.44. The van der Waals surface area contributed by atoms with E-state index in [4.69, 9.17) is 0 Å². The second kappa shape index (κ2) is 3.27. The van der Waals surface area contributed by atoms with Gasteiger partial charge in [0.1, 0.15) is 0 Å². The molecule has 0 saturated heterocycles. The molecule has 2 N–H and O–H groups in total. The van der Waals surface area contributed by atoms with Crippen LogP contribution in [-0.4, -0.2) is 31.9 Å². The number of carbonyl (C=O) groups excluding carboxylic acids is 1. The molecule has 0 amide bonds. The summed E-state index contributed by atoms with van der Waals surface area (Å²) in [6.07, 6.45) is 2.50. The number of fused-ring (bicyclic) bond motifs is 1. The van der Waals surface area contributed by atoms with Gasteiger partial charge in [-0.15, -0.1) is 10.2 Å². The maximum atomic E-state index is 10.8. The van der Waals surface area contributed by atoms with E-state index in [0.717, 1.165) is 22.8 Å². The lowest BCUT2D eigenvalue weighted by molar-refractivity contribution is 0.112. The van der Waals surface area contributed by atoms with E-state index >= 15 is 0 Å². The van der Waals surface area contributed by atoms with Crippen LogP contribution in [0.4, 0.5) is 0 Å². The molecule has 0 bridgehead atoms. The van der Waals surface area contributed by atoms with Gasteiger partial charge in [0, 0.05) is 28.2 Å². The Morgan fingerprint density at radius 2 is 2.25 bits per heavy atom. The van der Waals surface area contributed by atoms with E-state index < -0.39 is 0 Å². The van der Waals surface area contributed by atoms with Gasteiger partial charge in [-0.25, -0.2) is 0 Å². The van der Waals surface area contributed by atoms with Crippen molar-refractivity contribution in [1.29, 1.82) is 0 Å². The third kappa shape index (κ3) is 1.20. The second-order valence-corrected chi connectivity index (χ2v) is 3.36. The Hall–Kier alpha value is -2.50. The summed E-state index contributed by atoms with van der Waals surface area (Å²) in [4.78, 5) is 13.8.